The Labute approximate surface area is 148 Å². The van der Waals surface area contributed by atoms with Crippen LogP contribution in [0.15, 0.2) is 24.3 Å². The summed E-state index contributed by atoms with van der Waals surface area (Å²) in [6, 6.07) is 8.00. The summed E-state index contributed by atoms with van der Waals surface area (Å²) >= 11 is 0. The molecule has 1 aliphatic carbocycles. The van der Waals surface area contributed by atoms with E-state index in [0.717, 1.165) is 37.1 Å². The lowest BCUT2D eigenvalue weighted by Crippen LogP contribution is -2.40. The molecule has 0 radical (unpaired) electrons. The first-order chi connectivity index (χ1) is 11.9. The first kappa shape index (κ1) is 17.5. The Bertz CT molecular complexity index is 741. The van der Waals surface area contributed by atoms with E-state index in [0.29, 0.717) is 5.82 Å². The summed E-state index contributed by atoms with van der Waals surface area (Å²) < 4.78 is 1.84. The zero-order valence-electron chi connectivity index (χ0n) is 15.0. The summed E-state index contributed by atoms with van der Waals surface area (Å²) in [6.45, 7) is 6.09. The van der Waals surface area contributed by atoms with Crippen molar-refractivity contribution in [2.75, 3.05) is 5.32 Å². The molecular weight excluding hydrogens is 316 g/mol. The second kappa shape index (κ2) is 7.27. The van der Waals surface area contributed by atoms with E-state index < -0.39 is 0 Å². The minimum Gasteiger partial charge on any atom is -0.393 e. The van der Waals surface area contributed by atoms with Crippen molar-refractivity contribution in [2.24, 2.45) is 0 Å². The van der Waals surface area contributed by atoms with Crippen LogP contribution in [0.5, 0.6) is 0 Å². The molecule has 1 heterocycles. The zero-order chi connectivity index (χ0) is 18.0. The fourth-order valence-electron chi connectivity index (χ4n) is 3.43. The summed E-state index contributed by atoms with van der Waals surface area (Å²) in [6.07, 6.45) is 2.88. The number of benzene rings is 1. The van der Waals surface area contributed by atoms with E-state index in [1.165, 1.54) is 11.1 Å². The van der Waals surface area contributed by atoms with Crippen molar-refractivity contribution in [2.45, 2.75) is 58.6 Å². The summed E-state index contributed by atoms with van der Waals surface area (Å²) in [5.74, 6) is 0.532. The number of aromatic nitrogens is 2. The van der Waals surface area contributed by atoms with Crippen LogP contribution in [-0.2, 0) is 0 Å². The van der Waals surface area contributed by atoms with E-state index in [1.807, 2.05) is 17.7 Å². The van der Waals surface area contributed by atoms with Crippen molar-refractivity contribution in [3.8, 4) is 5.69 Å². The number of aliphatic hydroxyl groups is 1. The molecule has 6 heteroatoms. The van der Waals surface area contributed by atoms with E-state index in [4.69, 9.17) is 0 Å². The first-order valence-electron chi connectivity index (χ1n) is 8.81. The third-order valence-corrected chi connectivity index (χ3v) is 4.61. The standard InChI is InChI=1S/C19H26N4O2/c1-12-8-13(2)10-16(9-12)23-14(3)11-18(22-23)21-19(25)20-15-4-6-17(24)7-5-15/h8-11,15,17,24H,4-7H2,1-3H3,(H2,20,21,22,25). The lowest BCUT2D eigenvalue weighted by Gasteiger charge is -2.25. The molecule has 0 spiro atoms. The molecule has 6 nitrogen and oxygen atoms in total. The van der Waals surface area contributed by atoms with Crippen molar-refractivity contribution < 1.29 is 9.90 Å². The van der Waals surface area contributed by atoms with Crippen LogP contribution in [0.1, 0.15) is 42.5 Å². The van der Waals surface area contributed by atoms with Gasteiger partial charge in [-0.25, -0.2) is 9.48 Å². The van der Waals surface area contributed by atoms with Gasteiger partial charge in [-0.2, -0.15) is 0 Å². The van der Waals surface area contributed by atoms with Crippen LogP contribution in [-0.4, -0.2) is 33.1 Å². The van der Waals surface area contributed by atoms with Crippen LogP contribution in [0.2, 0.25) is 0 Å². The van der Waals surface area contributed by atoms with Gasteiger partial charge in [0.1, 0.15) is 0 Å². The van der Waals surface area contributed by atoms with Gasteiger partial charge in [0, 0.05) is 17.8 Å². The Morgan fingerprint density at radius 1 is 1.08 bits per heavy atom. The largest absolute Gasteiger partial charge is 0.393 e. The Balaban J connectivity index is 1.67. The molecular formula is C19H26N4O2. The average Bonchev–Trinajstić information content (AvgIpc) is 2.89. The summed E-state index contributed by atoms with van der Waals surface area (Å²) in [5, 5.41) is 19.8. The van der Waals surface area contributed by atoms with Crippen LogP contribution in [0.4, 0.5) is 10.6 Å². The van der Waals surface area contributed by atoms with Gasteiger partial charge in [-0.1, -0.05) is 6.07 Å². The number of hydrogen-bond acceptors (Lipinski definition) is 3. The van der Waals surface area contributed by atoms with Crippen LogP contribution in [0.3, 0.4) is 0 Å². The number of hydrogen-bond donors (Lipinski definition) is 3. The molecule has 0 saturated heterocycles. The van der Waals surface area contributed by atoms with Crippen molar-refractivity contribution in [1.82, 2.24) is 15.1 Å². The normalized spacial score (nSPS) is 20.3. The van der Waals surface area contributed by atoms with E-state index in [-0.39, 0.29) is 18.2 Å². The molecule has 25 heavy (non-hydrogen) atoms. The highest BCUT2D eigenvalue weighted by molar-refractivity contribution is 5.88. The molecule has 0 unspecified atom stereocenters. The Morgan fingerprint density at radius 3 is 2.36 bits per heavy atom. The highest BCUT2D eigenvalue weighted by atomic mass is 16.3. The third kappa shape index (κ3) is 4.39. The minimum absolute atomic E-state index is 0.117. The number of urea groups is 1. The van der Waals surface area contributed by atoms with E-state index >= 15 is 0 Å². The van der Waals surface area contributed by atoms with Gasteiger partial charge in [0.05, 0.1) is 11.8 Å². The quantitative estimate of drug-likeness (QED) is 0.801. The number of nitrogens with zero attached hydrogens (tertiary/aromatic N) is 2. The first-order valence-corrected chi connectivity index (χ1v) is 8.81. The van der Waals surface area contributed by atoms with Gasteiger partial charge in [0.15, 0.2) is 5.82 Å². The topological polar surface area (TPSA) is 79.2 Å². The van der Waals surface area contributed by atoms with Gasteiger partial charge >= 0.3 is 6.03 Å². The Hall–Kier alpha value is -2.34. The number of aryl methyl sites for hydroxylation is 3. The fourth-order valence-corrected chi connectivity index (χ4v) is 3.43. The molecule has 0 atom stereocenters. The molecule has 1 aromatic carbocycles. The van der Waals surface area contributed by atoms with Crippen molar-refractivity contribution in [3.63, 3.8) is 0 Å². The van der Waals surface area contributed by atoms with Gasteiger partial charge in [-0.3, -0.25) is 5.32 Å². The van der Waals surface area contributed by atoms with Gasteiger partial charge in [-0.15, -0.1) is 5.10 Å². The second-order valence-corrected chi connectivity index (χ2v) is 7.03. The average molecular weight is 342 g/mol. The molecule has 1 fully saturated rings. The van der Waals surface area contributed by atoms with Gasteiger partial charge < -0.3 is 10.4 Å². The molecule has 3 rings (SSSR count). The second-order valence-electron chi connectivity index (χ2n) is 7.03. The van der Waals surface area contributed by atoms with Gasteiger partial charge in [-0.05, 0) is 69.7 Å². The number of amides is 2. The lowest BCUT2D eigenvalue weighted by molar-refractivity contribution is 0.118. The fraction of sp³-hybridized carbons (Fsp3) is 0.474. The predicted octanol–water partition coefficient (Wildman–Crippen LogP) is 3.22. The highest BCUT2D eigenvalue weighted by Crippen LogP contribution is 2.20. The van der Waals surface area contributed by atoms with Crippen LogP contribution >= 0.6 is 0 Å². The van der Waals surface area contributed by atoms with Gasteiger partial charge in [0.2, 0.25) is 0 Å². The molecule has 1 saturated carbocycles. The van der Waals surface area contributed by atoms with E-state index in [2.05, 4.69) is 47.8 Å². The molecule has 1 aromatic heterocycles. The molecule has 1 aliphatic rings. The smallest absolute Gasteiger partial charge is 0.320 e. The van der Waals surface area contributed by atoms with Crippen molar-refractivity contribution in [1.29, 1.82) is 0 Å². The third-order valence-electron chi connectivity index (χ3n) is 4.61. The zero-order valence-corrected chi connectivity index (χ0v) is 15.0. The van der Waals surface area contributed by atoms with Crippen LogP contribution in [0, 0.1) is 20.8 Å². The number of carbonyl (C=O) groups is 1. The Kier molecular flexibility index (Phi) is 5.08. The summed E-state index contributed by atoms with van der Waals surface area (Å²) in [4.78, 5) is 12.2. The maximum Gasteiger partial charge on any atom is 0.320 e. The van der Waals surface area contributed by atoms with E-state index in [1.54, 1.807) is 0 Å². The van der Waals surface area contributed by atoms with Gasteiger partial charge in [0.25, 0.3) is 0 Å². The number of nitrogens with one attached hydrogen (secondary N) is 2. The van der Waals surface area contributed by atoms with Crippen LogP contribution < -0.4 is 10.6 Å². The highest BCUT2D eigenvalue weighted by Gasteiger charge is 2.21. The maximum absolute atomic E-state index is 12.2. The predicted molar refractivity (Wildman–Crippen MR) is 98.2 cm³/mol. The molecule has 2 amide bonds. The Morgan fingerprint density at radius 2 is 1.72 bits per heavy atom. The monoisotopic (exact) mass is 342 g/mol. The summed E-state index contributed by atoms with van der Waals surface area (Å²) in [5.41, 5.74) is 4.30. The van der Waals surface area contributed by atoms with Crippen molar-refractivity contribution in [3.05, 3.63) is 41.1 Å². The molecule has 0 aliphatic heterocycles. The van der Waals surface area contributed by atoms with E-state index in [9.17, 15) is 9.90 Å². The molecule has 0 bridgehead atoms. The van der Waals surface area contributed by atoms with Crippen LogP contribution in [0.25, 0.3) is 5.69 Å². The number of aliphatic hydroxyl groups excluding tert-OH is 1. The van der Waals surface area contributed by atoms with Crippen molar-refractivity contribution >= 4 is 11.8 Å². The lowest BCUT2D eigenvalue weighted by atomic mass is 9.93. The summed E-state index contributed by atoms with van der Waals surface area (Å²) in [7, 11) is 0. The maximum atomic E-state index is 12.2. The molecule has 134 valence electrons. The SMILES string of the molecule is Cc1cc(C)cc(-n2nc(NC(=O)NC3CCC(O)CC3)cc2C)c1. The number of carbonyl (C=O) groups excluding carboxylic acids is 1. The molecule has 2 aromatic rings. The minimum atomic E-state index is -0.244. The number of rotatable bonds is 3. The molecule has 3 N–H and O–H groups in total. The number of anilines is 1.